The van der Waals surface area contributed by atoms with E-state index in [-0.39, 0.29) is 11.6 Å². The van der Waals surface area contributed by atoms with Crippen LogP contribution in [0.15, 0.2) is 53.4 Å². The molecule has 0 spiro atoms. The molecule has 1 amide bonds. The molecule has 3 nitrogen and oxygen atoms in total. The van der Waals surface area contributed by atoms with Crippen LogP contribution < -0.4 is 11.1 Å². The standard InChI is InChI=1S/C16H15F3N2OS/c1-10(23-14-7-5-12(20)6-8-14)15(22)21-13-4-2-3-11(9-13)16(17,18)19/h2-10H,20H2,1H3,(H,21,22)/t10-/m0/s1. The smallest absolute Gasteiger partial charge is 0.399 e. The van der Waals surface area contributed by atoms with Gasteiger partial charge in [-0.2, -0.15) is 13.2 Å². The van der Waals surface area contributed by atoms with Crippen LogP contribution in [-0.4, -0.2) is 11.2 Å². The number of carbonyl (C=O) groups is 1. The lowest BCUT2D eigenvalue weighted by atomic mass is 10.2. The van der Waals surface area contributed by atoms with E-state index in [1.54, 1.807) is 31.2 Å². The zero-order valence-electron chi connectivity index (χ0n) is 12.2. The number of halogens is 3. The van der Waals surface area contributed by atoms with Gasteiger partial charge in [0.15, 0.2) is 0 Å². The first-order valence-corrected chi connectivity index (χ1v) is 7.64. The maximum absolute atomic E-state index is 12.7. The van der Waals surface area contributed by atoms with Crippen molar-refractivity contribution in [2.75, 3.05) is 11.1 Å². The summed E-state index contributed by atoms with van der Waals surface area (Å²) >= 11 is 1.30. The highest BCUT2D eigenvalue weighted by Crippen LogP contribution is 2.31. The molecule has 1 atom stereocenters. The Morgan fingerprint density at radius 3 is 2.43 bits per heavy atom. The van der Waals surface area contributed by atoms with Crippen molar-refractivity contribution in [3.63, 3.8) is 0 Å². The highest BCUT2D eigenvalue weighted by atomic mass is 32.2. The molecule has 0 aromatic heterocycles. The predicted octanol–water partition coefficient (Wildman–Crippen LogP) is 4.41. The predicted molar refractivity (Wildman–Crippen MR) is 86.2 cm³/mol. The molecule has 122 valence electrons. The summed E-state index contributed by atoms with van der Waals surface area (Å²) < 4.78 is 38.0. The summed E-state index contributed by atoms with van der Waals surface area (Å²) in [7, 11) is 0. The number of benzene rings is 2. The minimum atomic E-state index is -4.44. The normalized spacial score (nSPS) is 12.7. The molecule has 0 saturated carbocycles. The highest BCUT2D eigenvalue weighted by molar-refractivity contribution is 8.00. The number of anilines is 2. The maximum Gasteiger partial charge on any atom is 0.416 e. The van der Waals surface area contributed by atoms with Gasteiger partial charge in [0.05, 0.1) is 10.8 Å². The SMILES string of the molecule is C[C@H](Sc1ccc(N)cc1)C(=O)Nc1cccc(C(F)(F)F)c1. The van der Waals surface area contributed by atoms with Crippen LogP contribution in [0, 0.1) is 0 Å². The number of hydrogen-bond donors (Lipinski definition) is 2. The number of nitrogens with two attached hydrogens (primary N) is 1. The maximum atomic E-state index is 12.7. The summed E-state index contributed by atoms with van der Waals surface area (Å²) in [6.07, 6.45) is -4.44. The van der Waals surface area contributed by atoms with Crippen LogP contribution in [0.25, 0.3) is 0 Å². The molecule has 0 aliphatic heterocycles. The monoisotopic (exact) mass is 340 g/mol. The Bertz CT molecular complexity index is 686. The first-order chi connectivity index (χ1) is 10.8. The summed E-state index contributed by atoms with van der Waals surface area (Å²) in [6.45, 7) is 1.68. The van der Waals surface area contributed by atoms with Gasteiger partial charge in [-0.3, -0.25) is 4.79 Å². The fourth-order valence-corrected chi connectivity index (χ4v) is 2.69. The van der Waals surface area contributed by atoms with Gasteiger partial charge >= 0.3 is 6.18 Å². The second kappa shape index (κ2) is 6.95. The molecule has 2 rings (SSSR count). The molecular weight excluding hydrogens is 325 g/mol. The number of hydrogen-bond acceptors (Lipinski definition) is 3. The minimum absolute atomic E-state index is 0.120. The van der Waals surface area contributed by atoms with Gasteiger partial charge in [-0.1, -0.05) is 6.07 Å². The second-order valence-electron chi connectivity index (χ2n) is 4.90. The van der Waals surface area contributed by atoms with Gasteiger partial charge in [0, 0.05) is 16.3 Å². The van der Waals surface area contributed by atoms with Gasteiger partial charge in [-0.25, -0.2) is 0 Å². The molecule has 0 bridgehead atoms. The van der Waals surface area contributed by atoms with Crippen molar-refractivity contribution in [3.05, 3.63) is 54.1 Å². The van der Waals surface area contributed by atoms with Crippen LogP contribution in [0.1, 0.15) is 12.5 Å². The quantitative estimate of drug-likeness (QED) is 0.640. The van der Waals surface area contributed by atoms with Gasteiger partial charge in [0.2, 0.25) is 5.91 Å². The number of alkyl halides is 3. The Hall–Kier alpha value is -2.15. The van der Waals surface area contributed by atoms with E-state index in [1.165, 1.54) is 23.9 Å². The highest BCUT2D eigenvalue weighted by Gasteiger charge is 2.30. The molecule has 0 radical (unpaired) electrons. The number of carbonyl (C=O) groups excluding carboxylic acids is 1. The van der Waals surface area contributed by atoms with Crippen molar-refractivity contribution in [2.24, 2.45) is 0 Å². The fraction of sp³-hybridized carbons (Fsp3) is 0.188. The van der Waals surface area contributed by atoms with Crippen LogP contribution in [0.2, 0.25) is 0 Å². The second-order valence-corrected chi connectivity index (χ2v) is 6.31. The Morgan fingerprint density at radius 2 is 1.83 bits per heavy atom. The summed E-state index contributed by atoms with van der Waals surface area (Å²) in [4.78, 5) is 13.0. The molecule has 0 heterocycles. The zero-order valence-corrected chi connectivity index (χ0v) is 13.0. The van der Waals surface area contributed by atoms with E-state index in [2.05, 4.69) is 5.32 Å². The Morgan fingerprint density at radius 1 is 1.17 bits per heavy atom. The molecule has 0 aliphatic carbocycles. The summed E-state index contributed by atoms with van der Waals surface area (Å²) in [6, 6.07) is 11.6. The molecule has 0 unspecified atom stereocenters. The van der Waals surface area contributed by atoms with E-state index in [0.29, 0.717) is 5.69 Å². The Kier molecular flexibility index (Phi) is 5.20. The van der Waals surface area contributed by atoms with Gasteiger partial charge in [0.25, 0.3) is 0 Å². The van der Waals surface area contributed by atoms with Crippen molar-refractivity contribution in [2.45, 2.75) is 23.2 Å². The van der Waals surface area contributed by atoms with Crippen LogP contribution in [0.5, 0.6) is 0 Å². The van der Waals surface area contributed by atoms with Crippen LogP contribution in [0.4, 0.5) is 24.5 Å². The topological polar surface area (TPSA) is 55.1 Å². The third kappa shape index (κ3) is 4.92. The zero-order chi connectivity index (χ0) is 17.0. The lowest BCUT2D eigenvalue weighted by molar-refractivity contribution is -0.137. The van der Waals surface area contributed by atoms with Gasteiger partial charge in [-0.05, 0) is 49.4 Å². The van der Waals surface area contributed by atoms with E-state index in [4.69, 9.17) is 5.73 Å². The molecule has 2 aromatic rings. The van der Waals surface area contributed by atoms with Crippen molar-refractivity contribution in [1.82, 2.24) is 0 Å². The number of nitrogen functional groups attached to an aromatic ring is 1. The Labute approximate surface area is 136 Å². The van der Waals surface area contributed by atoms with Gasteiger partial charge < -0.3 is 11.1 Å². The van der Waals surface area contributed by atoms with Crippen LogP contribution in [-0.2, 0) is 11.0 Å². The lowest BCUT2D eigenvalue weighted by Crippen LogP contribution is -2.22. The molecule has 2 aromatic carbocycles. The first kappa shape index (κ1) is 17.2. The van der Waals surface area contributed by atoms with Gasteiger partial charge in [0.1, 0.15) is 0 Å². The molecule has 0 saturated heterocycles. The minimum Gasteiger partial charge on any atom is -0.399 e. The van der Waals surface area contributed by atoms with E-state index >= 15 is 0 Å². The number of amides is 1. The average Bonchev–Trinajstić information content (AvgIpc) is 2.49. The third-order valence-corrected chi connectivity index (χ3v) is 4.13. The first-order valence-electron chi connectivity index (χ1n) is 6.76. The number of thioether (sulfide) groups is 1. The summed E-state index contributed by atoms with van der Waals surface area (Å²) in [5.41, 5.74) is 5.53. The summed E-state index contributed by atoms with van der Waals surface area (Å²) in [5.74, 6) is -0.369. The van der Waals surface area contributed by atoms with E-state index in [0.717, 1.165) is 17.0 Å². The van der Waals surface area contributed by atoms with Crippen molar-refractivity contribution >= 4 is 29.0 Å². The molecule has 0 fully saturated rings. The van der Waals surface area contributed by atoms with E-state index in [1.807, 2.05) is 0 Å². The molecular formula is C16H15F3N2OS. The Balaban J connectivity index is 2.02. The average molecular weight is 340 g/mol. The largest absolute Gasteiger partial charge is 0.416 e. The number of rotatable bonds is 4. The molecule has 7 heteroatoms. The fourth-order valence-electron chi connectivity index (χ4n) is 1.82. The van der Waals surface area contributed by atoms with Gasteiger partial charge in [-0.15, -0.1) is 11.8 Å². The van der Waals surface area contributed by atoms with Crippen LogP contribution in [0.3, 0.4) is 0 Å². The third-order valence-electron chi connectivity index (χ3n) is 3.02. The molecule has 23 heavy (non-hydrogen) atoms. The van der Waals surface area contributed by atoms with E-state index in [9.17, 15) is 18.0 Å². The summed E-state index contributed by atoms with van der Waals surface area (Å²) in [5, 5.41) is 2.04. The van der Waals surface area contributed by atoms with Crippen molar-refractivity contribution in [1.29, 1.82) is 0 Å². The molecule has 3 N–H and O–H groups in total. The lowest BCUT2D eigenvalue weighted by Gasteiger charge is -2.13. The van der Waals surface area contributed by atoms with Crippen molar-refractivity contribution in [3.8, 4) is 0 Å². The molecule has 0 aliphatic rings. The van der Waals surface area contributed by atoms with E-state index < -0.39 is 17.0 Å². The number of nitrogens with one attached hydrogen (secondary N) is 1. The van der Waals surface area contributed by atoms with Crippen molar-refractivity contribution < 1.29 is 18.0 Å². The van der Waals surface area contributed by atoms with Crippen LogP contribution >= 0.6 is 11.8 Å².